The summed E-state index contributed by atoms with van der Waals surface area (Å²) >= 11 is 0. The summed E-state index contributed by atoms with van der Waals surface area (Å²) in [6.07, 6.45) is 5.01. The third-order valence-electron chi connectivity index (χ3n) is 7.71. The molecule has 9 rings (SSSR count). The summed E-state index contributed by atoms with van der Waals surface area (Å²) in [5.41, 5.74) is 0.685. The van der Waals surface area contributed by atoms with E-state index in [9.17, 15) is 4.79 Å². The van der Waals surface area contributed by atoms with Crippen molar-refractivity contribution in [3.8, 4) is 0 Å². The van der Waals surface area contributed by atoms with Gasteiger partial charge in [-0.05, 0) is 17.4 Å². The van der Waals surface area contributed by atoms with Gasteiger partial charge in [0.2, 0.25) is 5.89 Å². The number of aryl methyl sites for hydroxylation is 1. The number of anilines is 1. The number of hydrogen-bond donors (Lipinski definition) is 0. The lowest BCUT2D eigenvalue weighted by molar-refractivity contribution is 0.362. The number of hydrogen-bond acceptors (Lipinski definition) is 8. The van der Waals surface area contributed by atoms with E-state index in [1.165, 1.54) is 16.3 Å². The second-order valence-corrected chi connectivity index (χ2v) is 9.27. The molecule has 2 aliphatic carbocycles. The molecule has 2 saturated heterocycles. The predicted molar refractivity (Wildman–Crippen MR) is 118 cm³/mol. The van der Waals surface area contributed by atoms with Crippen molar-refractivity contribution in [2.45, 2.75) is 18.0 Å². The smallest absolute Gasteiger partial charge is 0.280 e. The molecule has 10 nitrogen and oxygen atoms in total. The Kier molecular flexibility index (Phi) is 2.98. The Morgan fingerprint density at radius 3 is 2.88 bits per heavy atom. The van der Waals surface area contributed by atoms with E-state index in [0.29, 0.717) is 34.9 Å². The van der Waals surface area contributed by atoms with Crippen LogP contribution in [0.4, 0.5) is 5.82 Å². The molecular weight excluding hydrogens is 420 g/mol. The molecule has 0 N–H and O–H groups in total. The SMILES string of the molecule is Cn1cnc2ncn(Cc3nc([C@@]45C6[C@H]4[C@H]5CN6c4cc5ccccc5cn4)no3)c(=O)c21. The van der Waals surface area contributed by atoms with Gasteiger partial charge in [0.1, 0.15) is 18.7 Å². The van der Waals surface area contributed by atoms with Crippen molar-refractivity contribution in [3.63, 3.8) is 0 Å². The molecule has 1 unspecified atom stereocenters. The molecule has 2 aliphatic heterocycles. The molecule has 0 amide bonds. The highest BCUT2D eigenvalue weighted by Gasteiger charge is 2.95. The highest BCUT2D eigenvalue weighted by Crippen LogP contribution is 2.85. The van der Waals surface area contributed by atoms with Gasteiger partial charge in [-0.3, -0.25) is 9.36 Å². The number of aromatic nitrogens is 7. The second kappa shape index (κ2) is 5.64. The zero-order chi connectivity index (χ0) is 21.9. The van der Waals surface area contributed by atoms with Crippen molar-refractivity contribution in [1.82, 2.24) is 34.2 Å². The van der Waals surface area contributed by atoms with Crippen LogP contribution in [0.2, 0.25) is 0 Å². The average molecular weight is 438 g/mol. The molecule has 4 fully saturated rings. The number of nitrogens with zero attached hydrogens (tertiary/aromatic N) is 8. The lowest BCUT2D eigenvalue weighted by Crippen LogP contribution is -2.24. The lowest BCUT2D eigenvalue weighted by Gasteiger charge is -2.17. The van der Waals surface area contributed by atoms with Gasteiger partial charge in [-0.1, -0.05) is 29.4 Å². The molecule has 1 aromatic carbocycles. The highest BCUT2D eigenvalue weighted by atomic mass is 16.5. The van der Waals surface area contributed by atoms with E-state index in [1.807, 2.05) is 12.3 Å². The van der Waals surface area contributed by atoms with Gasteiger partial charge in [-0.25, -0.2) is 15.0 Å². The third-order valence-corrected chi connectivity index (χ3v) is 7.71. The first kappa shape index (κ1) is 17.5. The fraction of sp³-hybridized carbons (Fsp3) is 0.304. The maximum absolute atomic E-state index is 12.8. The summed E-state index contributed by atoms with van der Waals surface area (Å²) < 4.78 is 8.71. The van der Waals surface area contributed by atoms with E-state index in [2.05, 4.69) is 44.3 Å². The summed E-state index contributed by atoms with van der Waals surface area (Å²) in [5.74, 6) is 3.28. The van der Waals surface area contributed by atoms with Gasteiger partial charge in [-0.15, -0.1) is 0 Å². The number of rotatable bonds is 4. The molecule has 162 valence electrons. The number of benzene rings is 1. The first-order valence-electron chi connectivity index (χ1n) is 11.0. The van der Waals surface area contributed by atoms with Crippen LogP contribution in [-0.4, -0.2) is 46.8 Å². The molecule has 2 bridgehead atoms. The van der Waals surface area contributed by atoms with Crippen molar-refractivity contribution in [1.29, 1.82) is 0 Å². The first-order chi connectivity index (χ1) is 16.2. The summed E-state index contributed by atoms with van der Waals surface area (Å²) in [6, 6.07) is 10.8. The Bertz CT molecular complexity index is 1660. The Morgan fingerprint density at radius 1 is 1.15 bits per heavy atom. The molecule has 0 spiro atoms. The molecule has 4 aliphatic rings. The van der Waals surface area contributed by atoms with Gasteiger partial charge in [0.05, 0.1) is 11.7 Å². The van der Waals surface area contributed by atoms with Crippen LogP contribution in [0.1, 0.15) is 11.7 Å². The standard InChI is InChI=1S/C23H18N8O2/c1-29-10-25-20-18(29)21(32)30(11-26-20)9-16-27-22(28-33-16)23-14-8-31(19(23)17(14)23)15-6-12-4-2-3-5-13(12)7-24-15/h2-7,10-11,14,17,19H,8-9H2,1H3/t14-,17-,19?,23-/m1/s1. The van der Waals surface area contributed by atoms with Crippen LogP contribution in [-0.2, 0) is 19.0 Å². The Hall–Kier alpha value is -4.08. The second-order valence-electron chi connectivity index (χ2n) is 9.27. The molecular formula is C23H18N8O2. The van der Waals surface area contributed by atoms with Crippen LogP contribution in [0, 0.1) is 11.8 Å². The van der Waals surface area contributed by atoms with Crippen LogP contribution in [0.25, 0.3) is 21.9 Å². The average Bonchev–Trinajstić information content (AvgIpc) is 3.29. The van der Waals surface area contributed by atoms with Crippen LogP contribution < -0.4 is 10.5 Å². The quantitative estimate of drug-likeness (QED) is 0.415. The Balaban J connectivity index is 1.08. The number of imidazole rings is 1. The number of fused-ring (bicyclic) bond motifs is 3. The van der Waals surface area contributed by atoms with E-state index in [-0.39, 0.29) is 17.5 Å². The summed E-state index contributed by atoms with van der Waals surface area (Å²) in [7, 11) is 1.78. The van der Waals surface area contributed by atoms with E-state index < -0.39 is 0 Å². The zero-order valence-corrected chi connectivity index (χ0v) is 17.7. The first-order valence-corrected chi connectivity index (χ1v) is 11.0. The van der Waals surface area contributed by atoms with Gasteiger partial charge in [0.15, 0.2) is 17.0 Å². The van der Waals surface area contributed by atoms with Crippen molar-refractivity contribution in [3.05, 3.63) is 71.3 Å². The van der Waals surface area contributed by atoms with Crippen molar-refractivity contribution in [2.75, 3.05) is 11.4 Å². The van der Waals surface area contributed by atoms with Crippen molar-refractivity contribution < 1.29 is 4.52 Å². The summed E-state index contributed by atoms with van der Waals surface area (Å²) in [5, 5.41) is 6.66. The van der Waals surface area contributed by atoms with Crippen LogP contribution in [0.15, 0.2) is 58.5 Å². The van der Waals surface area contributed by atoms with Crippen molar-refractivity contribution >= 4 is 27.8 Å². The molecule has 2 saturated carbocycles. The minimum Gasteiger partial charge on any atom is -0.352 e. The van der Waals surface area contributed by atoms with Crippen LogP contribution in [0.3, 0.4) is 0 Å². The topological polar surface area (TPSA) is 108 Å². The zero-order valence-electron chi connectivity index (χ0n) is 17.7. The Morgan fingerprint density at radius 2 is 2.00 bits per heavy atom. The van der Waals surface area contributed by atoms with Gasteiger partial charge in [-0.2, -0.15) is 4.98 Å². The third kappa shape index (κ3) is 2.08. The predicted octanol–water partition coefficient (Wildman–Crippen LogP) is 1.50. The maximum Gasteiger partial charge on any atom is 0.280 e. The number of piperidine rings is 1. The molecule has 0 radical (unpaired) electrons. The fourth-order valence-electron chi connectivity index (χ4n) is 6.03. The molecule has 6 heterocycles. The van der Waals surface area contributed by atoms with Gasteiger partial charge in [0, 0.05) is 37.1 Å². The van der Waals surface area contributed by atoms with E-state index in [0.717, 1.165) is 23.6 Å². The lowest BCUT2D eigenvalue weighted by atomic mass is 10.1. The molecule has 4 atom stereocenters. The van der Waals surface area contributed by atoms with E-state index in [4.69, 9.17) is 14.5 Å². The minimum atomic E-state index is -0.178. The maximum atomic E-state index is 12.8. The van der Waals surface area contributed by atoms with E-state index >= 15 is 0 Å². The summed E-state index contributed by atoms with van der Waals surface area (Å²) in [4.78, 5) is 33.0. The summed E-state index contributed by atoms with van der Waals surface area (Å²) in [6.45, 7) is 1.15. The fourth-order valence-corrected chi connectivity index (χ4v) is 6.03. The van der Waals surface area contributed by atoms with E-state index in [1.54, 1.807) is 17.9 Å². The number of pyridine rings is 1. The van der Waals surface area contributed by atoms with Crippen molar-refractivity contribution in [2.24, 2.45) is 18.9 Å². The van der Waals surface area contributed by atoms with Crippen LogP contribution >= 0.6 is 0 Å². The monoisotopic (exact) mass is 438 g/mol. The Labute approximate surface area is 186 Å². The van der Waals surface area contributed by atoms with Gasteiger partial charge < -0.3 is 14.0 Å². The molecule has 4 aromatic heterocycles. The normalized spacial score (nSPS) is 26.8. The minimum absolute atomic E-state index is 0.0235. The molecule has 5 aromatic rings. The van der Waals surface area contributed by atoms with Crippen LogP contribution in [0.5, 0.6) is 0 Å². The van der Waals surface area contributed by atoms with Gasteiger partial charge >= 0.3 is 0 Å². The van der Waals surface area contributed by atoms with Gasteiger partial charge in [0.25, 0.3) is 5.56 Å². The highest BCUT2D eigenvalue weighted by molar-refractivity contribution is 5.84. The largest absolute Gasteiger partial charge is 0.352 e. The molecule has 33 heavy (non-hydrogen) atoms. The molecule has 10 heteroatoms.